The molecule has 5 nitrogen and oxygen atoms in total. The van der Waals surface area contributed by atoms with Crippen molar-refractivity contribution in [3.8, 4) is 0 Å². The Labute approximate surface area is 154 Å². The molecule has 7 heteroatoms. The normalized spacial score (nSPS) is 18.7. The van der Waals surface area contributed by atoms with Crippen LogP contribution in [0.3, 0.4) is 0 Å². The van der Waals surface area contributed by atoms with Gasteiger partial charge in [-0.1, -0.05) is 24.3 Å². The van der Waals surface area contributed by atoms with Crippen molar-refractivity contribution < 1.29 is 8.42 Å². The number of rotatable bonds is 4. The molecule has 132 valence electrons. The molecule has 0 radical (unpaired) electrons. The molecule has 0 spiro atoms. The molecule has 0 amide bonds. The Bertz CT molecular complexity index is 854. The summed E-state index contributed by atoms with van der Waals surface area (Å²) in [4.78, 5) is 6.12. The van der Waals surface area contributed by atoms with E-state index >= 15 is 0 Å². The van der Waals surface area contributed by atoms with Gasteiger partial charge in [-0.05, 0) is 48.8 Å². The van der Waals surface area contributed by atoms with Gasteiger partial charge in [0.1, 0.15) is 0 Å². The molecule has 25 heavy (non-hydrogen) atoms. The number of nitrogens with zero attached hydrogens (tertiary/aromatic N) is 2. The standard InChI is InChI=1S/C18H21N3O2S2/c1-14-5-2-3-7-17(14)20-18(24)21(12-15-6-4-9-19-11-15)16-8-10-25(22,23)13-16/h2-7,9,11,16H,8,10,12-13H2,1H3,(H,20,24)/t16-/m0/s1. The van der Waals surface area contributed by atoms with Crippen LogP contribution in [0.25, 0.3) is 0 Å². The summed E-state index contributed by atoms with van der Waals surface area (Å²) >= 11 is 5.63. The van der Waals surface area contributed by atoms with Crippen LogP contribution in [0.2, 0.25) is 0 Å². The van der Waals surface area contributed by atoms with Crippen molar-refractivity contribution in [2.24, 2.45) is 0 Å². The molecular formula is C18H21N3O2S2. The highest BCUT2D eigenvalue weighted by molar-refractivity contribution is 7.91. The zero-order valence-corrected chi connectivity index (χ0v) is 15.7. The van der Waals surface area contributed by atoms with Gasteiger partial charge in [-0.25, -0.2) is 8.42 Å². The van der Waals surface area contributed by atoms with Crippen LogP contribution in [0.1, 0.15) is 17.5 Å². The number of aryl methyl sites for hydroxylation is 1. The van der Waals surface area contributed by atoms with Gasteiger partial charge in [-0.2, -0.15) is 0 Å². The largest absolute Gasteiger partial charge is 0.341 e. The quantitative estimate of drug-likeness (QED) is 0.829. The molecule has 1 atom stereocenters. The van der Waals surface area contributed by atoms with Crippen molar-refractivity contribution in [2.45, 2.75) is 25.9 Å². The average Bonchev–Trinajstić information content (AvgIpc) is 2.95. The van der Waals surface area contributed by atoms with E-state index in [0.717, 1.165) is 16.8 Å². The third-order valence-corrected chi connectivity index (χ3v) is 6.46. The molecule has 1 aliphatic heterocycles. The molecule has 1 aliphatic rings. The number of benzene rings is 1. The fraction of sp³-hybridized carbons (Fsp3) is 0.333. The molecule has 1 N–H and O–H groups in total. The molecule has 0 bridgehead atoms. The van der Waals surface area contributed by atoms with Gasteiger partial charge in [0.15, 0.2) is 14.9 Å². The van der Waals surface area contributed by atoms with Gasteiger partial charge in [0.25, 0.3) is 0 Å². The summed E-state index contributed by atoms with van der Waals surface area (Å²) in [6, 6.07) is 11.6. The second-order valence-corrected chi connectivity index (χ2v) is 8.91. The van der Waals surface area contributed by atoms with E-state index < -0.39 is 9.84 Å². The number of hydrogen-bond acceptors (Lipinski definition) is 4. The Balaban J connectivity index is 1.82. The van der Waals surface area contributed by atoms with Gasteiger partial charge >= 0.3 is 0 Å². The van der Waals surface area contributed by atoms with Crippen LogP contribution in [-0.2, 0) is 16.4 Å². The molecule has 2 aromatic rings. The zero-order chi connectivity index (χ0) is 17.9. The first kappa shape index (κ1) is 17.8. The molecule has 1 saturated heterocycles. The van der Waals surface area contributed by atoms with Crippen molar-refractivity contribution in [3.05, 3.63) is 59.9 Å². The van der Waals surface area contributed by atoms with Crippen molar-refractivity contribution in [3.63, 3.8) is 0 Å². The lowest BCUT2D eigenvalue weighted by Gasteiger charge is -2.31. The summed E-state index contributed by atoms with van der Waals surface area (Å²) in [6.45, 7) is 2.54. The lowest BCUT2D eigenvalue weighted by molar-refractivity contribution is 0.332. The molecule has 0 aliphatic carbocycles. The summed E-state index contributed by atoms with van der Waals surface area (Å²) < 4.78 is 23.9. The molecular weight excluding hydrogens is 354 g/mol. The average molecular weight is 376 g/mol. The maximum Gasteiger partial charge on any atom is 0.174 e. The summed E-state index contributed by atoms with van der Waals surface area (Å²) in [6.07, 6.45) is 4.10. The van der Waals surface area contributed by atoms with Crippen molar-refractivity contribution in [2.75, 3.05) is 16.8 Å². The number of pyridine rings is 1. The van der Waals surface area contributed by atoms with Crippen LogP contribution < -0.4 is 5.32 Å². The highest BCUT2D eigenvalue weighted by Gasteiger charge is 2.33. The first-order chi connectivity index (χ1) is 11.9. The maximum absolute atomic E-state index is 11.9. The van der Waals surface area contributed by atoms with E-state index in [1.54, 1.807) is 12.4 Å². The zero-order valence-electron chi connectivity index (χ0n) is 14.1. The van der Waals surface area contributed by atoms with Crippen LogP contribution in [-0.4, -0.2) is 41.0 Å². The summed E-state index contributed by atoms with van der Waals surface area (Å²) in [5.74, 6) is 0.358. The summed E-state index contributed by atoms with van der Waals surface area (Å²) in [5, 5.41) is 3.82. The van der Waals surface area contributed by atoms with Crippen LogP contribution in [0.4, 0.5) is 5.69 Å². The third kappa shape index (κ3) is 4.55. The number of sulfone groups is 1. The molecule has 1 fully saturated rings. The fourth-order valence-electron chi connectivity index (χ4n) is 2.98. The summed E-state index contributed by atoms with van der Waals surface area (Å²) in [5.41, 5.74) is 3.02. The Morgan fingerprint density at radius 1 is 1.32 bits per heavy atom. The number of para-hydroxylation sites is 1. The predicted molar refractivity (Wildman–Crippen MR) is 104 cm³/mol. The SMILES string of the molecule is Cc1ccccc1NC(=S)N(Cc1cccnc1)[C@H]1CCS(=O)(=O)C1. The van der Waals surface area contributed by atoms with Crippen molar-refractivity contribution in [1.29, 1.82) is 0 Å². The molecule has 0 unspecified atom stereocenters. The third-order valence-electron chi connectivity index (χ3n) is 4.37. The maximum atomic E-state index is 11.9. The Hall–Kier alpha value is -1.99. The van der Waals surface area contributed by atoms with E-state index in [1.807, 2.05) is 48.2 Å². The van der Waals surface area contributed by atoms with E-state index in [2.05, 4.69) is 10.3 Å². The molecule has 1 aromatic carbocycles. The van der Waals surface area contributed by atoms with Crippen LogP contribution in [0, 0.1) is 6.92 Å². The van der Waals surface area contributed by atoms with E-state index in [-0.39, 0.29) is 17.5 Å². The summed E-state index contributed by atoms with van der Waals surface area (Å²) in [7, 11) is -2.99. The number of thiocarbonyl (C=S) groups is 1. The molecule has 0 saturated carbocycles. The van der Waals surface area contributed by atoms with Crippen molar-refractivity contribution >= 4 is 32.9 Å². The lowest BCUT2D eigenvalue weighted by atomic mass is 10.2. The van der Waals surface area contributed by atoms with Crippen LogP contribution >= 0.6 is 12.2 Å². The first-order valence-corrected chi connectivity index (χ1v) is 10.4. The number of aromatic nitrogens is 1. The van der Waals surface area contributed by atoms with Crippen molar-refractivity contribution in [1.82, 2.24) is 9.88 Å². The predicted octanol–water partition coefficient (Wildman–Crippen LogP) is 2.78. The van der Waals surface area contributed by atoms with E-state index in [4.69, 9.17) is 12.2 Å². The number of anilines is 1. The minimum atomic E-state index is -2.99. The van der Waals surface area contributed by atoms with Crippen LogP contribution in [0.5, 0.6) is 0 Å². The minimum Gasteiger partial charge on any atom is -0.341 e. The van der Waals surface area contributed by atoms with Gasteiger partial charge in [0, 0.05) is 30.7 Å². The highest BCUT2D eigenvalue weighted by atomic mass is 32.2. The first-order valence-electron chi connectivity index (χ1n) is 8.17. The second-order valence-electron chi connectivity index (χ2n) is 6.29. The van der Waals surface area contributed by atoms with Gasteiger partial charge in [0.2, 0.25) is 0 Å². The number of nitrogens with one attached hydrogen (secondary N) is 1. The monoisotopic (exact) mass is 375 g/mol. The smallest absolute Gasteiger partial charge is 0.174 e. The van der Waals surface area contributed by atoms with E-state index in [0.29, 0.717) is 18.1 Å². The van der Waals surface area contributed by atoms with Gasteiger partial charge in [-0.15, -0.1) is 0 Å². The minimum absolute atomic E-state index is 0.116. The topological polar surface area (TPSA) is 62.3 Å². The van der Waals surface area contributed by atoms with Gasteiger partial charge < -0.3 is 10.2 Å². The second kappa shape index (κ2) is 7.49. The van der Waals surface area contributed by atoms with E-state index in [9.17, 15) is 8.42 Å². The van der Waals surface area contributed by atoms with Gasteiger partial charge in [0.05, 0.1) is 11.5 Å². The fourth-order valence-corrected chi connectivity index (χ4v) is 5.03. The molecule has 3 rings (SSSR count). The Morgan fingerprint density at radius 2 is 2.12 bits per heavy atom. The number of hydrogen-bond donors (Lipinski definition) is 1. The Morgan fingerprint density at radius 3 is 2.76 bits per heavy atom. The van der Waals surface area contributed by atoms with Gasteiger partial charge in [-0.3, -0.25) is 4.98 Å². The van der Waals surface area contributed by atoms with E-state index in [1.165, 1.54) is 0 Å². The molecule has 1 aromatic heterocycles. The molecule has 2 heterocycles. The highest BCUT2D eigenvalue weighted by Crippen LogP contribution is 2.22. The Kier molecular flexibility index (Phi) is 5.34. The lowest BCUT2D eigenvalue weighted by Crippen LogP contribution is -2.43. The van der Waals surface area contributed by atoms with Crippen LogP contribution in [0.15, 0.2) is 48.8 Å².